The third-order valence-electron chi connectivity index (χ3n) is 7.77. The number of piperazine rings is 1. The van der Waals surface area contributed by atoms with Crippen LogP contribution in [0.2, 0.25) is 0 Å². The van der Waals surface area contributed by atoms with Gasteiger partial charge < -0.3 is 16.4 Å². The van der Waals surface area contributed by atoms with Crippen LogP contribution in [-0.4, -0.2) is 54.8 Å². The molecule has 1 fully saturated rings. The highest BCUT2D eigenvalue weighted by Gasteiger charge is 2.43. The Bertz CT molecular complexity index is 928. The topological polar surface area (TPSA) is 94.2 Å². The molecule has 0 saturated carbocycles. The number of amidine groups is 1. The van der Waals surface area contributed by atoms with Crippen molar-refractivity contribution in [1.29, 1.82) is 5.41 Å². The van der Waals surface area contributed by atoms with Gasteiger partial charge in [0.15, 0.2) is 5.78 Å². The predicted octanol–water partition coefficient (Wildman–Crippen LogP) is 3.50. The van der Waals surface area contributed by atoms with Gasteiger partial charge in [0, 0.05) is 48.9 Å². The average Bonchev–Trinajstić information content (AvgIpc) is 2.81. The Morgan fingerprint density at radius 2 is 1.91 bits per heavy atom. The lowest BCUT2D eigenvalue weighted by Gasteiger charge is -2.39. The van der Waals surface area contributed by atoms with Gasteiger partial charge in [-0.3, -0.25) is 15.1 Å². The first kappa shape index (κ1) is 23.7. The van der Waals surface area contributed by atoms with Gasteiger partial charge in [0.1, 0.15) is 11.3 Å². The van der Waals surface area contributed by atoms with Gasteiger partial charge in [0.05, 0.1) is 0 Å². The molecule has 178 valence electrons. The van der Waals surface area contributed by atoms with E-state index in [0.29, 0.717) is 18.5 Å². The normalized spacial score (nSPS) is 29.8. The number of anilines is 1. The van der Waals surface area contributed by atoms with E-state index in [1.807, 2.05) is 30.4 Å². The molecule has 5 N–H and O–H groups in total. The monoisotopic (exact) mass is 449 g/mol. The summed E-state index contributed by atoms with van der Waals surface area (Å²) in [6.45, 7) is 8.48. The summed E-state index contributed by atoms with van der Waals surface area (Å²) >= 11 is 0. The van der Waals surface area contributed by atoms with E-state index >= 15 is 0 Å². The number of Topliss-reactive ketones (excluding diaryl/α,β-unsaturated/α-hetero) is 1. The number of ketones is 1. The van der Waals surface area contributed by atoms with Crippen LogP contribution in [0.25, 0.3) is 0 Å². The van der Waals surface area contributed by atoms with Crippen molar-refractivity contribution in [1.82, 2.24) is 10.2 Å². The number of unbranched alkanes of at least 4 members (excludes halogenated alkanes) is 2. The lowest BCUT2D eigenvalue weighted by molar-refractivity contribution is -0.120. The second kappa shape index (κ2) is 10.2. The molecule has 1 aromatic rings. The van der Waals surface area contributed by atoms with Gasteiger partial charge in [-0.05, 0) is 51.3 Å². The summed E-state index contributed by atoms with van der Waals surface area (Å²) in [6.07, 6.45) is 10.2. The van der Waals surface area contributed by atoms with Gasteiger partial charge in [-0.2, -0.15) is 0 Å². The Labute approximate surface area is 198 Å². The minimum Gasteiger partial charge on any atom is -0.387 e. The maximum Gasteiger partial charge on any atom is 0.176 e. The fraction of sp³-hybridized carbons (Fsp3) is 0.556. The highest BCUT2D eigenvalue weighted by Crippen LogP contribution is 2.38. The molecule has 3 aliphatic rings. The lowest BCUT2D eigenvalue weighted by atomic mass is 9.69. The summed E-state index contributed by atoms with van der Waals surface area (Å²) in [5.74, 6) is 0.0997. The summed E-state index contributed by atoms with van der Waals surface area (Å²) in [6, 6.07) is 9.40. The minimum absolute atomic E-state index is 0.0213. The van der Waals surface area contributed by atoms with E-state index in [4.69, 9.17) is 11.1 Å². The minimum atomic E-state index is -0.989. The largest absolute Gasteiger partial charge is 0.387 e. The van der Waals surface area contributed by atoms with Gasteiger partial charge in [-0.25, -0.2) is 0 Å². The van der Waals surface area contributed by atoms with E-state index in [-0.39, 0.29) is 17.5 Å². The number of carbonyl (C=O) groups excluding carboxylic acids is 1. The molecule has 2 heterocycles. The van der Waals surface area contributed by atoms with Crippen molar-refractivity contribution in [3.8, 4) is 0 Å². The van der Waals surface area contributed by atoms with Gasteiger partial charge in [0.25, 0.3) is 0 Å². The second-order valence-electron chi connectivity index (χ2n) is 10.0. The third-order valence-corrected chi connectivity index (χ3v) is 7.77. The molecule has 2 aliphatic heterocycles. The zero-order valence-electron chi connectivity index (χ0n) is 20.1. The summed E-state index contributed by atoms with van der Waals surface area (Å²) < 4.78 is 0. The molecule has 1 aliphatic carbocycles. The molecule has 4 rings (SSSR count). The molecule has 1 saturated heterocycles. The Balaban J connectivity index is 1.36. The smallest absolute Gasteiger partial charge is 0.176 e. The number of nitrogens with one attached hydrogen (secondary N) is 3. The Kier molecular flexibility index (Phi) is 7.35. The fourth-order valence-electron chi connectivity index (χ4n) is 5.74. The SMILES string of the molecule is CC1CNCC(C)N1CCCCCC1(C(=N)N)C=CC=C(C2CNc3ccccc3C2)C1=O. The van der Waals surface area contributed by atoms with Crippen LogP contribution in [0.1, 0.15) is 45.1 Å². The quantitative estimate of drug-likeness (QED) is 0.277. The van der Waals surface area contributed by atoms with E-state index in [9.17, 15) is 4.79 Å². The van der Waals surface area contributed by atoms with Crippen LogP contribution in [0, 0.1) is 16.7 Å². The van der Waals surface area contributed by atoms with Crippen molar-refractivity contribution in [2.75, 3.05) is 31.5 Å². The maximum atomic E-state index is 13.7. The van der Waals surface area contributed by atoms with Crippen molar-refractivity contribution in [3.63, 3.8) is 0 Å². The van der Waals surface area contributed by atoms with E-state index in [1.165, 1.54) is 5.56 Å². The molecule has 33 heavy (non-hydrogen) atoms. The number of nitrogens with two attached hydrogens (primary N) is 1. The fourth-order valence-corrected chi connectivity index (χ4v) is 5.74. The van der Waals surface area contributed by atoms with Crippen LogP contribution in [0.3, 0.4) is 0 Å². The summed E-state index contributed by atoms with van der Waals surface area (Å²) in [7, 11) is 0. The third kappa shape index (κ3) is 4.92. The molecule has 4 unspecified atom stereocenters. The summed E-state index contributed by atoms with van der Waals surface area (Å²) in [5.41, 5.74) is 8.29. The first-order valence-corrected chi connectivity index (χ1v) is 12.5. The molecule has 6 nitrogen and oxygen atoms in total. The molecule has 0 spiro atoms. The molecule has 1 aromatic carbocycles. The maximum absolute atomic E-state index is 13.7. The Morgan fingerprint density at radius 3 is 2.67 bits per heavy atom. The lowest BCUT2D eigenvalue weighted by Crippen LogP contribution is -2.55. The van der Waals surface area contributed by atoms with Crippen LogP contribution in [0.15, 0.2) is 48.1 Å². The van der Waals surface area contributed by atoms with Crippen molar-refractivity contribution in [3.05, 3.63) is 53.6 Å². The number of para-hydroxylation sites is 1. The highest BCUT2D eigenvalue weighted by atomic mass is 16.1. The second-order valence-corrected chi connectivity index (χ2v) is 10.0. The van der Waals surface area contributed by atoms with Crippen molar-refractivity contribution in [2.45, 2.75) is 58.0 Å². The van der Waals surface area contributed by atoms with Crippen LogP contribution in [0.4, 0.5) is 5.69 Å². The Hall–Kier alpha value is -2.44. The van der Waals surface area contributed by atoms with E-state index < -0.39 is 5.41 Å². The van der Waals surface area contributed by atoms with E-state index in [0.717, 1.165) is 63.1 Å². The number of hydrogen-bond acceptors (Lipinski definition) is 5. The first-order valence-electron chi connectivity index (χ1n) is 12.5. The summed E-state index contributed by atoms with van der Waals surface area (Å²) in [5, 5.41) is 15.3. The average molecular weight is 450 g/mol. The standard InChI is InChI=1S/C27H39N5O/c1-19-16-30-17-20(2)32(19)14-7-3-6-12-27(26(28)29)13-8-10-23(25(27)33)22-15-21-9-4-5-11-24(21)31-18-22/h4-5,8-11,13,19-20,22,30-31H,3,6-7,12,14-18H2,1-2H3,(H3,28,29). The zero-order valence-corrected chi connectivity index (χ0v) is 20.1. The molecule has 6 heteroatoms. The number of hydrogen-bond donors (Lipinski definition) is 4. The molecule has 0 aromatic heterocycles. The van der Waals surface area contributed by atoms with Crippen LogP contribution < -0.4 is 16.4 Å². The molecular formula is C27H39N5O. The number of rotatable bonds is 8. The molecule has 0 bridgehead atoms. The van der Waals surface area contributed by atoms with Gasteiger partial charge >= 0.3 is 0 Å². The van der Waals surface area contributed by atoms with Crippen molar-refractivity contribution in [2.24, 2.45) is 17.1 Å². The van der Waals surface area contributed by atoms with E-state index in [1.54, 1.807) is 0 Å². The highest BCUT2D eigenvalue weighted by molar-refractivity contribution is 6.17. The molecule has 4 atom stereocenters. The van der Waals surface area contributed by atoms with Crippen molar-refractivity contribution < 1.29 is 4.79 Å². The predicted molar refractivity (Wildman–Crippen MR) is 136 cm³/mol. The van der Waals surface area contributed by atoms with Crippen LogP contribution in [0.5, 0.6) is 0 Å². The van der Waals surface area contributed by atoms with Crippen LogP contribution >= 0.6 is 0 Å². The number of carbonyl (C=O) groups is 1. The van der Waals surface area contributed by atoms with Crippen molar-refractivity contribution >= 4 is 17.3 Å². The number of fused-ring (bicyclic) bond motifs is 1. The van der Waals surface area contributed by atoms with Gasteiger partial charge in [-0.1, -0.05) is 49.3 Å². The number of nitrogens with zero attached hydrogens (tertiary/aromatic N) is 1. The van der Waals surface area contributed by atoms with Gasteiger partial charge in [0.2, 0.25) is 0 Å². The first-order chi connectivity index (χ1) is 15.9. The number of allylic oxidation sites excluding steroid dienone is 2. The molecular weight excluding hydrogens is 410 g/mol. The Morgan fingerprint density at radius 1 is 1.15 bits per heavy atom. The number of benzene rings is 1. The molecule has 0 amide bonds. The van der Waals surface area contributed by atoms with Crippen LogP contribution in [-0.2, 0) is 11.2 Å². The van der Waals surface area contributed by atoms with E-state index in [2.05, 4.69) is 41.5 Å². The van der Waals surface area contributed by atoms with Gasteiger partial charge in [-0.15, -0.1) is 0 Å². The summed E-state index contributed by atoms with van der Waals surface area (Å²) in [4.78, 5) is 16.3. The molecule has 0 radical (unpaired) electrons. The zero-order chi connectivity index (χ0) is 23.4.